The van der Waals surface area contributed by atoms with Gasteiger partial charge in [-0.1, -0.05) is 97.1 Å². The Balaban J connectivity index is 2.15. The summed E-state index contributed by atoms with van der Waals surface area (Å²) < 4.78 is 11.3. The molecule has 4 aromatic rings. The fourth-order valence-electron chi connectivity index (χ4n) is 4.14. The summed E-state index contributed by atoms with van der Waals surface area (Å²) in [7, 11) is 3.39. The molecule has 0 saturated carbocycles. The maximum Gasteiger partial charge on any atom is 0.127 e. The fraction of sp³-hybridized carbons (Fsp3) is 0.111. The molecule has 4 aromatic carbocycles. The van der Waals surface area contributed by atoms with Gasteiger partial charge in [-0.2, -0.15) is 0 Å². The van der Waals surface area contributed by atoms with Crippen LogP contribution in [0.1, 0.15) is 22.3 Å². The minimum atomic E-state index is -0.526. The van der Waals surface area contributed by atoms with Gasteiger partial charge in [0.2, 0.25) is 0 Å². The summed E-state index contributed by atoms with van der Waals surface area (Å²) in [5.41, 5.74) is 4.09. The Morgan fingerprint density at radius 3 is 1.34 bits per heavy atom. The van der Waals surface area contributed by atoms with E-state index in [1.54, 1.807) is 14.2 Å². The van der Waals surface area contributed by atoms with Gasteiger partial charge in [0.15, 0.2) is 0 Å². The Morgan fingerprint density at radius 2 is 0.966 bits per heavy atom. The summed E-state index contributed by atoms with van der Waals surface area (Å²) in [6.07, 6.45) is 0. The van der Waals surface area contributed by atoms with Gasteiger partial charge in [0, 0.05) is 11.6 Å². The predicted molar refractivity (Wildman–Crippen MR) is 118 cm³/mol. The van der Waals surface area contributed by atoms with Gasteiger partial charge in [-0.05, 0) is 22.8 Å². The fourth-order valence-corrected chi connectivity index (χ4v) is 4.14. The highest BCUT2D eigenvalue weighted by atomic mass is 16.5. The summed E-state index contributed by atoms with van der Waals surface area (Å²) in [6, 6.07) is 37.9. The van der Waals surface area contributed by atoms with Gasteiger partial charge in [0.05, 0.1) is 19.6 Å². The lowest BCUT2D eigenvalue weighted by Gasteiger charge is -2.37. The average molecular weight is 380 g/mol. The van der Waals surface area contributed by atoms with Crippen molar-refractivity contribution in [2.75, 3.05) is 14.2 Å². The minimum Gasteiger partial charge on any atom is -0.497 e. The molecule has 2 nitrogen and oxygen atoms in total. The number of hydrogen-bond donors (Lipinski definition) is 0. The molecule has 0 aliphatic heterocycles. The summed E-state index contributed by atoms with van der Waals surface area (Å²) in [6.45, 7) is 0. The second-order valence-electron chi connectivity index (χ2n) is 6.91. The number of ether oxygens (including phenoxy) is 2. The van der Waals surface area contributed by atoms with E-state index in [4.69, 9.17) is 9.47 Å². The second kappa shape index (κ2) is 8.24. The molecule has 0 aliphatic rings. The van der Waals surface area contributed by atoms with Gasteiger partial charge in [-0.15, -0.1) is 0 Å². The minimum absolute atomic E-state index is 0.526. The van der Waals surface area contributed by atoms with Gasteiger partial charge in [-0.3, -0.25) is 0 Å². The first kappa shape index (κ1) is 18.8. The van der Waals surface area contributed by atoms with Crippen molar-refractivity contribution in [1.82, 2.24) is 0 Å². The van der Waals surface area contributed by atoms with Crippen molar-refractivity contribution in [3.63, 3.8) is 0 Å². The van der Waals surface area contributed by atoms with Crippen LogP contribution in [-0.4, -0.2) is 14.2 Å². The van der Waals surface area contributed by atoms with Crippen LogP contribution >= 0.6 is 0 Å². The highest BCUT2D eigenvalue weighted by Crippen LogP contribution is 2.48. The van der Waals surface area contributed by atoms with Crippen LogP contribution in [0.15, 0.2) is 109 Å². The Hall–Kier alpha value is -3.52. The molecule has 0 amide bonds. The van der Waals surface area contributed by atoms with E-state index < -0.39 is 5.41 Å². The topological polar surface area (TPSA) is 18.5 Å². The Morgan fingerprint density at radius 1 is 0.517 bits per heavy atom. The summed E-state index contributed by atoms with van der Waals surface area (Å²) in [5, 5.41) is 0. The van der Waals surface area contributed by atoms with E-state index in [0.29, 0.717) is 0 Å². The van der Waals surface area contributed by atoms with Crippen LogP contribution in [0, 0.1) is 0 Å². The summed E-state index contributed by atoms with van der Waals surface area (Å²) in [4.78, 5) is 0. The molecular weight excluding hydrogens is 356 g/mol. The Bertz CT molecular complexity index is 961. The first-order chi connectivity index (χ1) is 14.3. The first-order valence-electron chi connectivity index (χ1n) is 9.69. The number of rotatable bonds is 6. The Kier molecular flexibility index (Phi) is 5.35. The molecule has 0 N–H and O–H groups in total. The van der Waals surface area contributed by atoms with Crippen molar-refractivity contribution in [1.29, 1.82) is 0 Å². The predicted octanol–water partition coefficient (Wildman–Crippen LogP) is 6.09. The van der Waals surface area contributed by atoms with Crippen LogP contribution in [0.4, 0.5) is 0 Å². The van der Waals surface area contributed by atoms with Gasteiger partial charge in [0.1, 0.15) is 11.5 Å². The SMILES string of the molecule is COc1ccc(C(c2ccccc2)(c2ccccc2)c2ccccc2)c(OC)c1. The van der Waals surface area contributed by atoms with Gasteiger partial charge in [-0.25, -0.2) is 0 Å². The van der Waals surface area contributed by atoms with Crippen LogP contribution in [0.2, 0.25) is 0 Å². The smallest absolute Gasteiger partial charge is 0.127 e. The van der Waals surface area contributed by atoms with Crippen molar-refractivity contribution in [3.05, 3.63) is 131 Å². The third-order valence-electron chi connectivity index (χ3n) is 5.43. The molecule has 29 heavy (non-hydrogen) atoms. The lowest BCUT2D eigenvalue weighted by atomic mass is 9.65. The molecule has 144 valence electrons. The van der Waals surface area contributed by atoms with Gasteiger partial charge < -0.3 is 9.47 Å². The van der Waals surface area contributed by atoms with Crippen molar-refractivity contribution in [2.24, 2.45) is 0 Å². The van der Waals surface area contributed by atoms with Crippen LogP contribution in [0.3, 0.4) is 0 Å². The second-order valence-corrected chi connectivity index (χ2v) is 6.91. The molecule has 4 rings (SSSR count). The van der Waals surface area contributed by atoms with Crippen LogP contribution < -0.4 is 9.47 Å². The number of methoxy groups -OCH3 is 2. The zero-order valence-electron chi connectivity index (χ0n) is 16.7. The number of benzene rings is 4. The molecule has 0 aromatic heterocycles. The molecule has 0 saturated heterocycles. The zero-order valence-corrected chi connectivity index (χ0v) is 16.7. The molecule has 0 unspecified atom stereocenters. The van der Waals surface area contributed by atoms with E-state index in [9.17, 15) is 0 Å². The van der Waals surface area contributed by atoms with Gasteiger partial charge in [0.25, 0.3) is 0 Å². The van der Waals surface area contributed by atoms with Crippen LogP contribution in [-0.2, 0) is 5.41 Å². The highest BCUT2D eigenvalue weighted by Gasteiger charge is 2.40. The highest BCUT2D eigenvalue weighted by molar-refractivity contribution is 5.63. The molecule has 0 spiro atoms. The maximum absolute atomic E-state index is 5.88. The zero-order chi connectivity index (χ0) is 20.1. The van der Waals surface area contributed by atoms with E-state index in [-0.39, 0.29) is 0 Å². The van der Waals surface area contributed by atoms with E-state index in [0.717, 1.165) is 17.1 Å². The molecule has 2 heteroatoms. The first-order valence-corrected chi connectivity index (χ1v) is 9.69. The molecule has 0 fully saturated rings. The number of hydrogen-bond acceptors (Lipinski definition) is 2. The van der Waals surface area contributed by atoms with Crippen LogP contribution in [0.5, 0.6) is 11.5 Å². The van der Waals surface area contributed by atoms with E-state index in [1.165, 1.54) is 16.7 Å². The molecule has 0 bridgehead atoms. The normalized spacial score (nSPS) is 11.1. The molecular formula is C27H24O2. The van der Waals surface area contributed by atoms with Crippen LogP contribution in [0.25, 0.3) is 0 Å². The monoisotopic (exact) mass is 380 g/mol. The van der Waals surface area contributed by atoms with E-state index >= 15 is 0 Å². The average Bonchev–Trinajstić information content (AvgIpc) is 2.82. The van der Waals surface area contributed by atoms with Crippen molar-refractivity contribution in [2.45, 2.75) is 5.41 Å². The molecule has 0 aliphatic carbocycles. The van der Waals surface area contributed by atoms with E-state index in [2.05, 4.69) is 97.1 Å². The lowest BCUT2D eigenvalue weighted by Crippen LogP contribution is -2.31. The third kappa shape index (κ3) is 3.27. The molecule has 0 radical (unpaired) electrons. The quantitative estimate of drug-likeness (QED) is 0.377. The maximum atomic E-state index is 5.88. The lowest BCUT2D eigenvalue weighted by molar-refractivity contribution is 0.388. The molecule has 0 atom stereocenters. The van der Waals surface area contributed by atoms with Crippen molar-refractivity contribution < 1.29 is 9.47 Å². The molecule has 0 heterocycles. The van der Waals surface area contributed by atoms with E-state index in [1.807, 2.05) is 12.1 Å². The largest absolute Gasteiger partial charge is 0.497 e. The van der Waals surface area contributed by atoms with Crippen molar-refractivity contribution >= 4 is 0 Å². The summed E-state index contributed by atoms with van der Waals surface area (Å²) >= 11 is 0. The summed E-state index contributed by atoms with van der Waals surface area (Å²) in [5.74, 6) is 1.56. The third-order valence-corrected chi connectivity index (χ3v) is 5.43. The Labute approximate surface area is 172 Å². The van der Waals surface area contributed by atoms with Crippen molar-refractivity contribution in [3.8, 4) is 11.5 Å². The van der Waals surface area contributed by atoms with Gasteiger partial charge >= 0.3 is 0 Å². The standard InChI is InChI=1S/C27H24O2/c1-28-24-18-19-25(26(20-24)29-2)27(21-12-6-3-7-13-21,22-14-8-4-9-15-22)23-16-10-5-11-17-23/h3-20H,1-2H3.